The summed E-state index contributed by atoms with van der Waals surface area (Å²) in [6.45, 7) is 2.09. The van der Waals surface area contributed by atoms with Gasteiger partial charge in [-0.3, -0.25) is 0 Å². The summed E-state index contributed by atoms with van der Waals surface area (Å²) >= 11 is 0. The van der Waals surface area contributed by atoms with Gasteiger partial charge in [-0.1, -0.05) is 5.16 Å². The van der Waals surface area contributed by atoms with Crippen molar-refractivity contribution in [1.82, 2.24) is 21.2 Å². The van der Waals surface area contributed by atoms with Crippen molar-refractivity contribution in [1.29, 1.82) is 0 Å². The Bertz CT molecular complexity index is 267. The Kier molecular flexibility index (Phi) is 2.56. The molecule has 5 heteroatoms. The van der Waals surface area contributed by atoms with Crippen LogP contribution in [0, 0.1) is 0 Å². The Hall–Kier alpha value is -0.940. The molecule has 5 nitrogen and oxygen atoms in total. The molecule has 1 unspecified atom stereocenters. The molecular formula is C8H13N4O. The lowest BCUT2D eigenvalue weighted by Gasteiger charge is -2.19. The third kappa shape index (κ3) is 1.87. The minimum Gasteiger partial charge on any atom is -0.338 e. The largest absolute Gasteiger partial charge is 0.338 e. The highest BCUT2D eigenvalue weighted by Crippen LogP contribution is 2.19. The second-order valence-corrected chi connectivity index (χ2v) is 3.27. The molecule has 0 bridgehead atoms. The molecule has 0 aromatic carbocycles. The van der Waals surface area contributed by atoms with E-state index in [0.717, 1.165) is 31.8 Å². The van der Waals surface area contributed by atoms with Crippen LogP contribution in [0.15, 0.2) is 4.52 Å². The van der Waals surface area contributed by atoms with E-state index >= 15 is 0 Å². The molecule has 1 aliphatic heterocycles. The fourth-order valence-electron chi connectivity index (χ4n) is 1.58. The number of hydrogen-bond acceptors (Lipinski definition) is 4. The van der Waals surface area contributed by atoms with E-state index in [1.54, 1.807) is 0 Å². The van der Waals surface area contributed by atoms with Crippen LogP contribution in [0.4, 0.5) is 0 Å². The molecule has 2 N–H and O–H groups in total. The quantitative estimate of drug-likeness (QED) is 0.713. The highest BCUT2D eigenvalue weighted by molar-refractivity contribution is 4.97. The molecular weight excluding hydrogens is 168 g/mol. The molecule has 71 valence electrons. The van der Waals surface area contributed by atoms with Crippen molar-refractivity contribution in [3.63, 3.8) is 0 Å². The summed E-state index contributed by atoms with van der Waals surface area (Å²) in [6.07, 6.45) is 2.28. The highest BCUT2D eigenvalue weighted by atomic mass is 16.5. The number of aromatic nitrogens is 2. The van der Waals surface area contributed by atoms with E-state index < -0.39 is 0 Å². The van der Waals surface area contributed by atoms with Gasteiger partial charge in [0.15, 0.2) is 5.82 Å². The lowest BCUT2D eigenvalue weighted by atomic mass is 9.99. The summed E-state index contributed by atoms with van der Waals surface area (Å²) in [5, 5.41) is 7.16. The first kappa shape index (κ1) is 8.65. The predicted octanol–water partition coefficient (Wildman–Crippen LogP) is 0.319. The number of piperidine rings is 1. The van der Waals surface area contributed by atoms with Crippen LogP contribution in [0.5, 0.6) is 0 Å². The highest BCUT2D eigenvalue weighted by Gasteiger charge is 2.20. The van der Waals surface area contributed by atoms with E-state index in [2.05, 4.69) is 15.5 Å². The van der Waals surface area contributed by atoms with Gasteiger partial charge in [-0.05, 0) is 19.4 Å². The number of rotatable bonds is 2. The maximum atomic E-state index is 7.06. The molecule has 0 spiro atoms. The SMILES string of the molecule is [NH]Cc1nc(C2CCCNC2)no1. The maximum absolute atomic E-state index is 7.06. The molecule has 0 saturated carbocycles. The van der Waals surface area contributed by atoms with Crippen molar-refractivity contribution >= 4 is 0 Å². The summed E-state index contributed by atoms with van der Waals surface area (Å²) in [5.41, 5.74) is 7.06. The van der Waals surface area contributed by atoms with Crippen molar-refractivity contribution in [2.75, 3.05) is 13.1 Å². The van der Waals surface area contributed by atoms with Crippen LogP contribution in [-0.4, -0.2) is 23.2 Å². The summed E-state index contributed by atoms with van der Waals surface area (Å²) in [6, 6.07) is 0. The number of hydrogen-bond donors (Lipinski definition) is 1. The Labute approximate surface area is 76.7 Å². The van der Waals surface area contributed by atoms with E-state index in [4.69, 9.17) is 10.3 Å². The zero-order valence-corrected chi connectivity index (χ0v) is 7.42. The zero-order valence-electron chi connectivity index (χ0n) is 7.42. The van der Waals surface area contributed by atoms with Gasteiger partial charge in [-0.2, -0.15) is 4.98 Å². The van der Waals surface area contributed by atoms with Crippen molar-refractivity contribution in [2.45, 2.75) is 25.3 Å². The van der Waals surface area contributed by atoms with Gasteiger partial charge in [-0.15, -0.1) is 0 Å². The second-order valence-electron chi connectivity index (χ2n) is 3.27. The predicted molar refractivity (Wildman–Crippen MR) is 45.9 cm³/mol. The van der Waals surface area contributed by atoms with Gasteiger partial charge < -0.3 is 9.84 Å². The Morgan fingerprint density at radius 1 is 1.62 bits per heavy atom. The molecule has 13 heavy (non-hydrogen) atoms. The molecule has 1 fully saturated rings. The minimum atomic E-state index is 0.0765. The fraction of sp³-hybridized carbons (Fsp3) is 0.750. The maximum Gasteiger partial charge on any atom is 0.242 e. The molecule has 2 rings (SSSR count). The van der Waals surface area contributed by atoms with Crippen molar-refractivity contribution in [3.8, 4) is 0 Å². The van der Waals surface area contributed by atoms with E-state index in [0.29, 0.717) is 11.8 Å². The summed E-state index contributed by atoms with van der Waals surface area (Å²) < 4.78 is 4.89. The molecule has 1 aliphatic rings. The van der Waals surface area contributed by atoms with Gasteiger partial charge >= 0.3 is 0 Å². The van der Waals surface area contributed by atoms with Gasteiger partial charge in [-0.25, -0.2) is 5.73 Å². The molecule has 0 amide bonds. The summed E-state index contributed by atoms with van der Waals surface area (Å²) in [4.78, 5) is 4.15. The number of nitrogens with one attached hydrogen (secondary N) is 2. The van der Waals surface area contributed by atoms with E-state index in [-0.39, 0.29) is 6.54 Å². The standard InChI is InChI=1S/C8H13N4O/c9-4-7-11-8(12-13-7)6-2-1-3-10-5-6/h6,9-10H,1-5H2. The van der Waals surface area contributed by atoms with Crippen molar-refractivity contribution in [3.05, 3.63) is 11.7 Å². The summed E-state index contributed by atoms with van der Waals surface area (Å²) in [7, 11) is 0. The molecule has 1 aromatic heterocycles. The van der Waals surface area contributed by atoms with Gasteiger partial charge in [0.05, 0.1) is 6.54 Å². The van der Waals surface area contributed by atoms with Crippen molar-refractivity contribution < 1.29 is 4.52 Å². The van der Waals surface area contributed by atoms with Gasteiger partial charge in [0, 0.05) is 12.5 Å². The summed E-state index contributed by atoms with van der Waals surface area (Å²) in [5.74, 6) is 1.55. The average Bonchev–Trinajstić information content (AvgIpc) is 2.67. The normalized spacial score (nSPS) is 23.3. The van der Waals surface area contributed by atoms with E-state index in [1.807, 2.05) is 0 Å². The van der Waals surface area contributed by atoms with Crippen LogP contribution >= 0.6 is 0 Å². The zero-order chi connectivity index (χ0) is 9.10. The van der Waals surface area contributed by atoms with E-state index in [9.17, 15) is 0 Å². The monoisotopic (exact) mass is 181 g/mol. The van der Waals surface area contributed by atoms with Gasteiger partial charge in [0.25, 0.3) is 0 Å². The molecule has 1 atom stereocenters. The number of nitrogens with zero attached hydrogens (tertiary/aromatic N) is 2. The van der Waals surface area contributed by atoms with Crippen LogP contribution in [0.2, 0.25) is 0 Å². The first-order chi connectivity index (χ1) is 6.40. The molecule has 2 heterocycles. The molecule has 1 radical (unpaired) electrons. The lowest BCUT2D eigenvalue weighted by molar-refractivity contribution is 0.361. The second kappa shape index (κ2) is 3.85. The molecule has 1 aromatic rings. The first-order valence-electron chi connectivity index (χ1n) is 4.58. The Balaban J connectivity index is 2.05. The van der Waals surface area contributed by atoms with Crippen LogP contribution in [0.3, 0.4) is 0 Å². The average molecular weight is 181 g/mol. The van der Waals surface area contributed by atoms with Gasteiger partial charge in [0.1, 0.15) is 0 Å². The molecule has 1 saturated heterocycles. The minimum absolute atomic E-state index is 0.0765. The van der Waals surface area contributed by atoms with Crippen LogP contribution < -0.4 is 11.1 Å². The smallest absolute Gasteiger partial charge is 0.242 e. The third-order valence-corrected chi connectivity index (χ3v) is 2.30. The van der Waals surface area contributed by atoms with E-state index in [1.165, 1.54) is 0 Å². The van der Waals surface area contributed by atoms with Crippen molar-refractivity contribution in [2.24, 2.45) is 0 Å². The third-order valence-electron chi connectivity index (χ3n) is 2.30. The van der Waals surface area contributed by atoms with Crippen LogP contribution in [0.1, 0.15) is 30.5 Å². The van der Waals surface area contributed by atoms with Gasteiger partial charge in [0.2, 0.25) is 5.89 Å². The Morgan fingerprint density at radius 2 is 2.54 bits per heavy atom. The molecule has 0 aliphatic carbocycles. The lowest BCUT2D eigenvalue weighted by Crippen LogP contribution is -2.28. The van der Waals surface area contributed by atoms with Crippen LogP contribution in [-0.2, 0) is 6.54 Å². The Morgan fingerprint density at radius 3 is 3.15 bits per heavy atom. The first-order valence-corrected chi connectivity index (χ1v) is 4.58. The van der Waals surface area contributed by atoms with Crippen LogP contribution in [0.25, 0.3) is 0 Å². The fourth-order valence-corrected chi connectivity index (χ4v) is 1.58. The topological polar surface area (TPSA) is 74.8 Å².